The van der Waals surface area contributed by atoms with Crippen LogP contribution in [0.25, 0.3) is 0 Å². The molecular weight excluding hydrogens is 334 g/mol. The van der Waals surface area contributed by atoms with Crippen molar-refractivity contribution in [2.45, 2.75) is 31.4 Å². The summed E-state index contributed by atoms with van der Waals surface area (Å²) in [6, 6.07) is 8.68. The number of ether oxygens (including phenoxy) is 1. The fourth-order valence-corrected chi connectivity index (χ4v) is 2.80. The second-order valence-electron chi connectivity index (χ2n) is 5.09. The predicted octanol–water partition coefficient (Wildman–Crippen LogP) is 1.89. The lowest BCUT2D eigenvalue weighted by Crippen LogP contribution is -2.24. The minimum Gasteiger partial charge on any atom is -0.468 e. The fraction of sp³-hybridized carbons (Fsp3) is 0.250. The first-order valence-corrected chi connectivity index (χ1v) is 8.61. The number of Topliss-reactive ketones (excluding diaryl/α,β-unsaturated/α-hetero) is 1. The zero-order chi connectivity index (χ0) is 17.7. The number of ketones is 1. The van der Waals surface area contributed by atoms with E-state index in [1.807, 2.05) is 0 Å². The maximum atomic E-state index is 12.3. The maximum absolute atomic E-state index is 12.3. The van der Waals surface area contributed by atoms with E-state index in [-0.39, 0.29) is 22.8 Å². The van der Waals surface area contributed by atoms with Crippen LogP contribution in [0.3, 0.4) is 0 Å². The Morgan fingerprint density at radius 2 is 2.00 bits per heavy atom. The second-order valence-corrected chi connectivity index (χ2v) is 6.86. The summed E-state index contributed by atoms with van der Waals surface area (Å²) in [4.78, 5) is 23.0. The van der Waals surface area contributed by atoms with Gasteiger partial charge in [0, 0.05) is 0 Å². The van der Waals surface area contributed by atoms with E-state index in [1.165, 1.54) is 44.4 Å². The molecular formula is C16H17NO6S. The Morgan fingerprint density at radius 1 is 1.25 bits per heavy atom. The Morgan fingerprint density at radius 3 is 2.62 bits per heavy atom. The van der Waals surface area contributed by atoms with Crippen LogP contribution in [0.5, 0.6) is 0 Å². The number of rotatable bonds is 7. The third-order valence-electron chi connectivity index (χ3n) is 3.25. The summed E-state index contributed by atoms with van der Waals surface area (Å²) in [5.41, 5.74) is 0.0453. The normalized spacial score (nSPS) is 12.6. The lowest BCUT2D eigenvalue weighted by molar-refractivity contribution is -0.124. The Kier molecular flexibility index (Phi) is 5.53. The molecule has 0 spiro atoms. The lowest BCUT2D eigenvalue weighted by Gasteiger charge is -2.11. The number of carbonyl (C=O) groups is 2. The van der Waals surface area contributed by atoms with Gasteiger partial charge in [-0.25, -0.2) is 17.9 Å². The number of sulfonamides is 1. The van der Waals surface area contributed by atoms with E-state index in [2.05, 4.69) is 4.72 Å². The molecule has 1 atom stereocenters. The molecule has 2 rings (SSSR count). The molecule has 0 saturated heterocycles. The molecule has 1 aromatic carbocycles. The van der Waals surface area contributed by atoms with Gasteiger partial charge in [-0.2, -0.15) is 0 Å². The molecule has 0 aliphatic carbocycles. The number of carbonyl (C=O) groups excluding carboxylic acids is 2. The van der Waals surface area contributed by atoms with E-state index < -0.39 is 22.1 Å². The molecule has 1 unspecified atom stereocenters. The standard InChI is InChI=1S/C16H17NO6S/c1-11(18)12(2)23-16(19)13-5-3-7-15(9-13)24(20,21)17-10-14-6-4-8-22-14/h3-9,12,17H,10H2,1-2H3. The third kappa shape index (κ3) is 4.53. The highest BCUT2D eigenvalue weighted by Gasteiger charge is 2.19. The molecule has 1 heterocycles. The van der Waals surface area contributed by atoms with Gasteiger partial charge in [0.2, 0.25) is 10.0 Å². The summed E-state index contributed by atoms with van der Waals surface area (Å²) >= 11 is 0. The van der Waals surface area contributed by atoms with Gasteiger partial charge in [0.1, 0.15) is 5.76 Å². The minimum absolute atomic E-state index is 0.00855. The molecule has 0 amide bonds. The van der Waals surface area contributed by atoms with Gasteiger partial charge in [-0.15, -0.1) is 0 Å². The first-order valence-electron chi connectivity index (χ1n) is 7.13. The molecule has 128 valence electrons. The Bertz CT molecular complexity index is 826. The van der Waals surface area contributed by atoms with E-state index in [1.54, 1.807) is 12.1 Å². The van der Waals surface area contributed by atoms with Gasteiger partial charge in [0.05, 0.1) is 23.3 Å². The molecule has 1 N–H and O–H groups in total. The van der Waals surface area contributed by atoms with Crippen LogP contribution in [0.4, 0.5) is 0 Å². The van der Waals surface area contributed by atoms with Gasteiger partial charge in [0.15, 0.2) is 11.9 Å². The van der Waals surface area contributed by atoms with Crippen molar-refractivity contribution in [2.24, 2.45) is 0 Å². The molecule has 8 heteroatoms. The van der Waals surface area contributed by atoms with Crippen LogP contribution >= 0.6 is 0 Å². The van der Waals surface area contributed by atoms with Crippen molar-refractivity contribution in [3.05, 3.63) is 54.0 Å². The summed E-state index contributed by atoms with van der Waals surface area (Å²) in [6.45, 7) is 2.74. The van der Waals surface area contributed by atoms with Crippen molar-refractivity contribution in [1.29, 1.82) is 0 Å². The van der Waals surface area contributed by atoms with E-state index >= 15 is 0 Å². The highest BCUT2D eigenvalue weighted by molar-refractivity contribution is 7.89. The van der Waals surface area contributed by atoms with Gasteiger partial charge < -0.3 is 9.15 Å². The highest BCUT2D eigenvalue weighted by atomic mass is 32.2. The Balaban J connectivity index is 2.13. The highest BCUT2D eigenvalue weighted by Crippen LogP contribution is 2.14. The second kappa shape index (κ2) is 7.41. The number of hydrogen-bond donors (Lipinski definition) is 1. The number of hydrogen-bond acceptors (Lipinski definition) is 6. The van der Waals surface area contributed by atoms with Crippen LogP contribution in [0.1, 0.15) is 30.0 Å². The molecule has 24 heavy (non-hydrogen) atoms. The van der Waals surface area contributed by atoms with Crippen LogP contribution in [0, 0.1) is 0 Å². The number of furan rings is 1. The van der Waals surface area contributed by atoms with Crippen molar-refractivity contribution in [2.75, 3.05) is 0 Å². The summed E-state index contributed by atoms with van der Waals surface area (Å²) in [5.74, 6) is -0.600. The summed E-state index contributed by atoms with van der Waals surface area (Å²) in [7, 11) is -3.82. The molecule has 0 radical (unpaired) electrons. The van der Waals surface area contributed by atoms with E-state index in [0.29, 0.717) is 5.76 Å². The van der Waals surface area contributed by atoms with Gasteiger partial charge in [-0.3, -0.25) is 4.79 Å². The maximum Gasteiger partial charge on any atom is 0.338 e. The van der Waals surface area contributed by atoms with E-state index in [4.69, 9.17) is 9.15 Å². The first kappa shape index (κ1) is 17.9. The summed E-state index contributed by atoms with van der Waals surface area (Å²) < 4.78 is 36.9. The first-order chi connectivity index (χ1) is 11.3. The van der Waals surface area contributed by atoms with E-state index in [9.17, 15) is 18.0 Å². The monoisotopic (exact) mass is 351 g/mol. The molecule has 7 nitrogen and oxygen atoms in total. The van der Waals surface area contributed by atoms with Crippen LogP contribution in [-0.4, -0.2) is 26.3 Å². The van der Waals surface area contributed by atoms with E-state index in [0.717, 1.165) is 0 Å². The van der Waals surface area contributed by atoms with Crippen LogP contribution in [0.2, 0.25) is 0 Å². The zero-order valence-electron chi connectivity index (χ0n) is 13.2. The van der Waals surface area contributed by atoms with Crippen LogP contribution in [-0.2, 0) is 26.1 Å². The van der Waals surface area contributed by atoms with Gasteiger partial charge in [-0.05, 0) is 44.2 Å². The predicted molar refractivity (Wildman–Crippen MR) is 84.7 cm³/mol. The average molecular weight is 351 g/mol. The summed E-state index contributed by atoms with van der Waals surface area (Å²) in [6.07, 6.45) is 0.547. The molecule has 0 aliphatic heterocycles. The largest absolute Gasteiger partial charge is 0.468 e. The third-order valence-corrected chi connectivity index (χ3v) is 4.65. The van der Waals surface area contributed by atoms with Gasteiger partial charge >= 0.3 is 5.97 Å². The van der Waals surface area contributed by atoms with Crippen molar-refractivity contribution >= 4 is 21.8 Å². The van der Waals surface area contributed by atoms with Crippen molar-refractivity contribution in [3.63, 3.8) is 0 Å². The molecule has 0 aliphatic rings. The molecule has 1 aromatic heterocycles. The van der Waals surface area contributed by atoms with Crippen LogP contribution < -0.4 is 4.72 Å². The van der Waals surface area contributed by atoms with Crippen molar-refractivity contribution < 1.29 is 27.2 Å². The average Bonchev–Trinajstić information content (AvgIpc) is 3.06. The molecule has 0 saturated carbocycles. The molecule has 0 fully saturated rings. The van der Waals surface area contributed by atoms with Crippen LogP contribution in [0.15, 0.2) is 52.0 Å². The Hall–Kier alpha value is -2.45. The topological polar surface area (TPSA) is 103 Å². The minimum atomic E-state index is -3.82. The molecule has 0 bridgehead atoms. The fourth-order valence-electron chi connectivity index (χ4n) is 1.76. The smallest absolute Gasteiger partial charge is 0.338 e. The number of benzene rings is 1. The molecule has 2 aromatic rings. The number of nitrogens with one attached hydrogen (secondary N) is 1. The zero-order valence-corrected chi connectivity index (χ0v) is 14.0. The summed E-state index contributed by atoms with van der Waals surface area (Å²) in [5, 5.41) is 0. The van der Waals surface area contributed by atoms with Crippen molar-refractivity contribution in [3.8, 4) is 0 Å². The quantitative estimate of drug-likeness (QED) is 0.764. The number of esters is 1. The SMILES string of the molecule is CC(=O)C(C)OC(=O)c1cccc(S(=O)(=O)NCc2ccco2)c1. The van der Waals surface area contributed by atoms with Gasteiger partial charge in [-0.1, -0.05) is 6.07 Å². The Labute approximate surface area is 139 Å². The lowest BCUT2D eigenvalue weighted by atomic mass is 10.2. The van der Waals surface area contributed by atoms with Crippen molar-refractivity contribution in [1.82, 2.24) is 4.72 Å². The van der Waals surface area contributed by atoms with Gasteiger partial charge in [0.25, 0.3) is 0 Å².